The fraction of sp³-hybridized carbons (Fsp3) is 0.273. The molecule has 1 aromatic carbocycles. The van der Waals surface area contributed by atoms with Crippen molar-refractivity contribution in [2.75, 3.05) is 0 Å². The Kier molecular flexibility index (Phi) is 2.23. The molecule has 0 fully saturated rings. The molecular weight excluding hydrogens is 206 g/mol. The summed E-state index contributed by atoms with van der Waals surface area (Å²) in [6.45, 7) is 6.27. The first-order chi connectivity index (χ1) is 6.96. The molecule has 0 radical (unpaired) electrons. The normalized spacial score (nSPS) is 11.9. The van der Waals surface area contributed by atoms with E-state index in [1.54, 1.807) is 6.07 Å². The van der Waals surface area contributed by atoms with Crippen LogP contribution in [-0.2, 0) is 0 Å². The van der Waals surface area contributed by atoms with Crippen molar-refractivity contribution in [2.45, 2.75) is 19.6 Å². The van der Waals surface area contributed by atoms with Crippen molar-refractivity contribution in [3.63, 3.8) is 0 Å². The summed E-state index contributed by atoms with van der Waals surface area (Å²) in [4.78, 5) is 3.10. The van der Waals surface area contributed by atoms with Gasteiger partial charge in [0.15, 0.2) is 5.75 Å². The number of aromatic nitrogens is 1. The quantitative estimate of drug-likeness (QED) is 0.765. The third kappa shape index (κ3) is 2.15. The minimum atomic E-state index is -1.67. The largest absolute Gasteiger partial charge is 0.542 e. The van der Waals surface area contributed by atoms with Crippen LogP contribution in [0.3, 0.4) is 0 Å². The number of aromatic hydroxyl groups is 1. The summed E-state index contributed by atoms with van der Waals surface area (Å²) in [6, 6.07) is 5.50. The molecule has 0 aliphatic heterocycles. The van der Waals surface area contributed by atoms with Crippen LogP contribution in [0.15, 0.2) is 24.4 Å². The third-order valence-corrected chi connectivity index (χ3v) is 2.88. The summed E-state index contributed by atoms with van der Waals surface area (Å²) >= 11 is 0. The number of phenols is 1. The molecule has 4 heteroatoms. The van der Waals surface area contributed by atoms with E-state index in [0.717, 1.165) is 10.9 Å². The first-order valence-electron chi connectivity index (χ1n) is 4.95. The number of H-pyrrole nitrogens is 1. The van der Waals surface area contributed by atoms with Gasteiger partial charge in [0.05, 0.1) is 0 Å². The summed E-state index contributed by atoms with van der Waals surface area (Å²) in [5, 5.41) is 10.8. The Morgan fingerprint density at radius 2 is 2.00 bits per heavy atom. The molecule has 15 heavy (non-hydrogen) atoms. The molecule has 2 N–H and O–H groups in total. The van der Waals surface area contributed by atoms with Crippen molar-refractivity contribution in [2.24, 2.45) is 0 Å². The molecule has 0 bridgehead atoms. The lowest BCUT2D eigenvalue weighted by molar-refractivity contribution is 0.437. The van der Waals surface area contributed by atoms with Gasteiger partial charge < -0.3 is 14.5 Å². The van der Waals surface area contributed by atoms with Crippen molar-refractivity contribution in [1.82, 2.24) is 4.98 Å². The van der Waals surface area contributed by atoms with E-state index in [1.165, 1.54) is 0 Å². The minimum absolute atomic E-state index is 0.213. The van der Waals surface area contributed by atoms with E-state index in [-0.39, 0.29) is 5.75 Å². The maximum absolute atomic E-state index is 9.77. The van der Waals surface area contributed by atoms with Gasteiger partial charge in [-0.2, -0.15) is 0 Å². The Morgan fingerprint density at radius 1 is 1.27 bits per heavy atom. The summed E-state index contributed by atoms with van der Waals surface area (Å²) in [6.07, 6.45) is 1.85. The molecule has 0 aliphatic carbocycles. The van der Waals surface area contributed by atoms with Gasteiger partial charge in [0.2, 0.25) is 8.32 Å². The van der Waals surface area contributed by atoms with Crippen LogP contribution in [0, 0.1) is 0 Å². The molecule has 0 saturated heterocycles. The number of phenolic OH excluding ortho intramolecular Hbond substituents is 1. The van der Waals surface area contributed by atoms with E-state index in [9.17, 15) is 5.11 Å². The van der Waals surface area contributed by atoms with E-state index in [0.29, 0.717) is 5.75 Å². The number of rotatable bonds is 2. The fourth-order valence-corrected chi connectivity index (χ4v) is 2.30. The molecule has 3 nitrogen and oxygen atoms in total. The topological polar surface area (TPSA) is 45.2 Å². The number of hydrogen-bond acceptors (Lipinski definition) is 2. The molecule has 0 amide bonds. The molecule has 0 aliphatic rings. The van der Waals surface area contributed by atoms with E-state index in [2.05, 4.69) is 24.6 Å². The van der Waals surface area contributed by atoms with Crippen molar-refractivity contribution in [1.29, 1.82) is 0 Å². The maximum atomic E-state index is 9.77. The summed E-state index contributed by atoms with van der Waals surface area (Å²) in [7, 11) is -1.67. The van der Waals surface area contributed by atoms with Gasteiger partial charge in [-0.05, 0) is 31.8 Å². The van der Waals surface area contributed by atoms with E-state index in [4.69, 9.17) is 4.43 Å². The van der Waals surface area contributed by atoms with Crippen molar-refractivity contribution >= 4 is 19.2 Å². The van der Waals surface area contributed by atoms with Crippen LogP contribution in [0.5, 0.6) is 11.5 Å². The number of benzene rings is 1. The molecule has 2 aromatic rings. The second-order valence-corrected chi connectivity index (χ2v) is 9.03. The molecule has 1 heterocycles. The number of hydrogen-bond donors (Lipinski definition) is 2. The second kappa shape index (κ2) is 3.31. The summed E-state index contributed by atoms with van der Waals surface area (Å²) in [5.74, 6) is 0.786. The lowest BCUT2D eigenvalue weighted by atomic mass is 10.2. The molecule has 80 valence electrons. The molecule has 1 aromatic heterocycles. The predicted molar refractivity (Wildman–Crippen MR) is 63.9 cm³/mol. The Bertz CT molecular complexity index is 485. The van der Waals surface area contributed by atoms with Crippen LogP contribution < -0.4 is 4.43 Å². The van der Waals surface area contributed by atoms with Crippen molar-refractivity contribution in [3.8, 4) is 11.5 Å². The Balaban J connectivity index is 2.46. The highest BCUT2D eigenvalue weighted by atomic mass is 28.4. The van der Waals surface area contributed by atoms with Crippen LogP contribution in [-0.4, -0.2) is 18.4 Å². The van der Waals surface area contributed by atoms with Gasteiger partial charge in [-0.25, -0.2) is 0 Å². The molecule has 0 atom stereocenters. The maximum Gasteiger partial charge on any atom is 0.242 e. The van der Waals surface area contributed by atoms with Gasteiger partial charge in [-0.3, -0.25) is 0 Å². The Labute approximate surface area is 89.8 Å². The van der Waals surface area contributed by atoms with Crippen molar-refractivity contribution < 1.29 is 9.53 Å². The molecule has 0 saturated carbocycles. The average Bonchev–Trinajstić information content (AvgIpc) is 2.49. The van der Waals surface area contributed by atoms with Crippen LogP contribution in [0.2, 0.25) is 19.6 Å². The minimum Gasteiger partial charge on any atom is -0.542 e. The van der Waals surface area contributed by atoms with Gasteiger partial charge >= 0.3 is 0 Å². The summed E-state index contributed by atoms with van der Waals surface area (Å²) in [5.41, 5.74) is 0.987. The van der Waals surface area contributed by atoms with E-state index < -0.39 is 8.32 Å². The van der Waals surface area contributed by atoms with E-state index >= 15 is 0 Å². The van der Waals surface area contributed by atoms with Crippen molar-refractivity contribution in [3.05, 3.63) is 24.4 Å². The summed E-state index contributed by atoms with van der Waals surface area (Å²) < 4.78 is 5.78. The zero-order valence-corrected chi connectivity index (χ0v) is 10.2. The number of fused-ring (bicyclic) bond motifs is 1. The lowest BCUT2D eigenvalue weighted by Crippen LogP contribution is -2.29. The highest BCUT2D eigenvalue weighted by Gasteiger charge is 2.18. The van der Waals surface area contributed by atoms with Crippen LogP contribution >= 0.6 is 0 Å². The standard InChI is InChI=1S/C11H15NO2Si/c1-15(2,3)14-11-7-9-8(4-5-12-9)6-10(11)13/h4-7,12-13H,1-3H3. The van der Waals surface area contributed by atoms with Crippen LogP contribution in [0.25, 0.3) is 10.9 Å². The van der Waals surface area contributed by atoms with E-state index in [1.807, 2.05) is 18.3 Å². The highest BCUT2D eigenvalue weighted by Crippen LogP contribution is 2.32. The number of aromatic amines is 1. The smallest absolute Gasteiger partial charge is 0.242 e. The molecular formula is C11H15NO2Si. The zero-order chi connectivity index (χ0) is 11.1. The zero-order valence-electron chi connectivity index (χ0n) is 9.16. The van der Waals surface area contributed by atoms with Gasteiger partial charge in [0, 0.05) is 23.2 Å². The fourth-order valence-electron chi connectivity index (χ4n) is 1.48. The monoisotopic (exact) mass is 221 g/mol. The van der Waals surface area contributed by atoms with Crippen LogP contribution in [0.1, 0.15) is 0 Å². The first-order valence-corrected chi connectivity index (χ1v) is 8.36. The van der Waals surface area contributed by atoms with Gasteiger partial charge in [0.25, 0.3) is 0 Å². The SMILES string of the molecule is C[Si](C)(C)Oc1cc2[nH]ccc2cc1O. The Morgan fingerprint density at radius 3 is 2.67 bits per heavy atom. The Hall–Kier alpha value is -1.42. The van der Waals surface area contributed by atoms with Gasteiger partial charge in [-0.15, -0.1) is 0 Å². The average molecular weight is 221 g/mol. The van der Waals surface area contributed by atoms with Gasteiger partial charge in [0.1, 0.15) is 5.75 Å². The lowest BCUT2D eigenvalue weighted by Gasteiger charge is -2.19. The third-order valence-electron chi connectivity index (χ3n) is 2.05. The molecule has 0 unspecified atom stereocenters. The highest BCUT2D eigenvalue weighted by molar-refractivity contribution is 6.70. The molecule has 0 spiro atoms. The first kappa shape index (κ1) is 10.1. The predicted octanol–water partition coefficient (Wildman–Crippen LogP) is 3.09. The van der Waals surface area contributed by atoms with Gasteiger partial charge in [-0.1, -0.05) is 0 Å². The second-order valence-electron chi connectivity index (χ2n) is 4.60. The molecule has 2 rings (SSSR count). The van der Waals surface area contributed by atoms with Crippen LogP contribution in [0.4, 0.5) is 0 Å². The number of nitrogens with one attached hydrogen (secondary N) is 1.